The highest BCUT2D eigenvalue weighted by atomic mass is 32.2. The Morgan fingerprint density at radius 1 is 0.931 bits per heavy atom. The number of hydrogen-bond donors (Lipinski definition) is 2. The molecule has 0 unspecified atom stereocenters. The Kier molecular flexibility index (Phi) is 8.04. The molecule has 6 heteroatoms. The van der Waals surface area contributed by atoms with Gasteiger partial charge in [-0.15, -0.1) is 0 Å². The molecule has 0 aromatic carbocycles. The van der Waals surface area contributed by atoms with E-state index in [1.165, 1.54) is 108 Å². The van der Waals surface area contributed by atoms with Crippen LogP contribution in [-0.2, 0) is 0 Å². The lowest BCUT2D eigenvalue weighted by molar-refractivity contribution is 0.0624. The summed E-state index contributed by atoms with van der Waals surface area (Å²) in [5, 5.41) is 7.53. The third kappa shape index (κ3) is 5.62. The van der Waals surface area contributed by atoms with Crippen molar-refractivity contribution in [1.29, 1.82) is 0 Å². The minimum absolute atomic E-state index is 0.350. The summed E-state index contributed by atoms with van der Waals surface area (Å²) in [5.74, 6) is 3.63. The van der Waals surface area contributed by atoms with E-state index >= 15 is 0 Å². The van der Waals surface area contributed by atoms with Crippen molar-refractivity contribution in [3.63, 3.8) is 0 Å². The molecule has 0 amide bonds. The van der Waals surface area contributed by atoms with Crippen LogP contribution in [0.4, 0.5) is 0 Å². The number of aliphatic imine (C=N–C) groups is 1. The first-order chi connectivity index (χ1) is 14.3. The predicted octanol–water partition coefficient (Wildman–Crippen LogP) is 3.31. The van der Waals surface area contributed by atoms with Crippen LogP contribution in [0.15, 0.2) is 4.99 Å². The van der Waals surface area contributed by atoms with Crippen LogP contribution < -0.4 is 10.6 Å². The molecule has 2 N–H and O–H groups in total. The van der Waals surface area contributed by atoms with E-state index in [2.05, 4.69) is 37.2 Å². The molecule has 0 atom stereocenters. The standard InChI is InChI=1S/C23H43N5S/c1-24-22(26-20-9-13-27(14-10-20)21-7-3-4-8-21)25-19-23(11-5-2-6-12-23)28-15-17-29-18-16-28/h20-21H,2-19H2,1H3,(H2,24,25,26). The molecule has 0 bridgehead atoms. The number of thioether (sulfide) groups is 1. The largest absolute Gasteiger partial charge is 0.355 e. The molecule has 2 aliphatic carbocycles. The van der Waals surface area contributed by atoms with Crippen LogP contribution in [0.3, 0.4) is 0 Å². The first-order valence-corrected chi connectivity index (χ1v) is 13.5. The van der Waals surface area contributed by atoms with Gasteiger partial charge in [-0.2, -0.15) is 11.8 Å². The lowest BCUT2D eigenvalue weighted by Crippen LogP contribution is -2.60. The average molecular weight is 422 g/mol. The molecule has 4 fully saturated rings. The molecule has 2 saturated heterocycles. The van der Waals surface area contributed by atoms with Crippen molar-refractivity contribution in [2.75, 3.05) is 51.3 Å². The van der Waals surface area contributed by atoms with Gasteiger partial charge in [0, 0.05) is 68.9 Å². The number of rotatable bonds is 5. The summed E-state index contributed by atoms with van der Waals surface area (Å²) in [6.45, 7) is 6.09. The third-order valence-corrected chi connectivity index (χ3v) is 8.93. The molecular formula is C23H43N5S. The molecular weight excluding hydrogens is 378 g/mol. The molecule has 0 aromatic heterocycles. The monoisotopic (exact) mass is 421 g/mol. The molecule has 29 heavy (non-hydrogen) atoms. The summed E-state index contributed by atoms with van der Waals surface area (Å²) in [6.07, 6.45) is 15.1. The zero-order chi connectivity index (χ0) is 19.9. The van der Waals surface area contributed by atoms with Crippen LogP contribution >= 0.6 is 11.8 Å². The van der Waals surface area contributed by atoms with Gasteiger partial charge in [0.25, 0.3) is 0 Å². The summed E-state index contributed by atoms with van der Waals surface area (Å²) in [7, 11) is 1.94. The van der Waals surface area contributed by atoms with Crippen LogP contribution in [0, 0.1) is 0 Å². The maximum Gasteiger partial charge on any atom is 0.191 e. The number of nitrogens with zero attached hydrogens (tertiary/aromatic N) is 3. The molecule has 4 rings (SSSR count). The summed E-state index contributed by atoms with van der Waals surface area (Å²) in [4.78, 5) is 10.2. The van der Waals surface area contributed by atoms with Gasteiger partial charge in [0.2, 0.25) is 0 Å². The second kappa shape index (κ2) is 10.7. The molecule has 5 nitrogen and oxygen atoms in total. The van der Waals surface area contributed by atoms with E-state index in [-0.39, 0.29) is 0 Å². The van der Waals surface area contributed by atoms with Crippen molar-refractivity contribution in [3.05, 3.63) is 0 Å². The molecule has 0 spiro atoms. The molecule has 166 valence electrons. The highest BCUT2D eigenvalue weighted by Crippen LogP contribution is 2.35. The zero-order valence-corrected chi connectivity index (χ0v) is 19.4. The minimum Gasteiger partial charge on any atom is -0.355 e. The quantitative estimate of drug-likeness (QED) is 0.527. The Hall–Kier alpha value is -0.460. The number of likely N-dealkylation sites (tertiary alicyclic amines) is 1. The van der Waals surface area contributed by atoms with E-state index in [4.69, 9.17) is 0 Å². The van der Waals surface area contributed by atoms with Gasteiger partial charge in [0.15, 0.2) is 5.96 Å². The Labute approximate surface area is 182 Å². The van der Waals surface area contributed by atoms with Crippen molar-refractivity contribution in [1.82, 2.24) is 20.4 Å². The van der Waals surface area contributed by atoms with E-state index in [1.807, 2.05) is 7.05 Å². The molecule has 2 aliphatic heterocycles. The van der Waals surface area contributed by atoms with Gasteiger partial charge in [-0.3, -0.25) is 9.89 Å². The highest BCUT2D eigenvalue weighted by molar-refractivity contribution is 7.99. The molecule has 0 radical (unpaired) electrons. The number of hydrogen-bond acceptors (Lipinski definition) is 4. The van der Waals surface area contributed by atoms with Gasteiger partial charge < -0.3 is 15.5 Å². The second-order valence-electron chi connectivity index (χ2n) is 9.70. The van der Waals surface area contributed by atoms with Gasteiger partial charge in [-0.05, 0) is 38.5 Å². The van der Waals surface area contributed by atoms with Crippen molar-refractivity contribution in [2.24, 2.45) is 4.99 Å². The fourth-order valence-electron chi connectivity index (χ4n) is 6.17. The molecule has 4 aliphatic rings. The van der Waals surface area contributed by atoms with Crippen molar-refractivity contribution in [3.8, 4) is 0 Å². The van der Waals surface area contributed by atoms with Gasteiger partial charge in [-0.25, -0.2) is 0 Å². The van der Waals surface area contributed by atoms with E-state index < -0.39 is 0 Å². The van der Waals surface area contributed by atoms with Crippen LogP contribution in [-0.4, -0.2) is 84.7 Å². The lowest BCUT2D eigenvalue weighted by atomic mass is 9.80. The van der Waals surface area contributed by atoms with Gasteiger partial charge in [0.1, 0.15) is 0 Å². The number of nitrogens with one attached hydrogen (secondary N) is 2. The van der Waals surface area contributed by atoms with Crippen molar-refractivity contribution < 1.29 is 0 Å². The third-order valence-electron chi connectivity index (χ3n) is 7.99. The fraction of sp³-hybridized carbons (Fsp3) is 0.957. The molecule has 0 aromatic rings. The van der Waals surface area contributed by atoms with E-state index in [0.717, 1.165) is 18.5 Å². The normalized spacial score (nSPS) is 28.5. The molecule has 2 heterocycles. The number of piperidine rings is 1. The fourth-order valence-corrected chi connectivity index (χ4v) is 7.07. The smallest absolute Gasteiger partial charge is 0.191 e. The highest BCUT2D eigenvalue weighted by Gasteiger charge is 2.38. The lowest BCUT2D eigenvalue weighted by Gasteiger charge is -2.48. The van der Waals surface area contributed by atoms with E-state index in [0.29, 0.717) is 11.6 Å². The van der Waals surface area contributed by atoms with E-state index in [1.54, 1.807) is 0 Å². The summed E-state index contributed by atoms with van der Waals surface area (Å²) >= 11 is 2.12. The Bertz CT molecular complexity index is 513. The van der Waals surface area contributed by atoms with Crippen molar-refractivity contribution in [2.45, 2.75) is 88.3 Å². The first-order valence-electron chi connectivity index (χ1n) is 12.3. The predicted molar refractivity (Wildman–Crippen MR) is 126 cm³/mol. The SMILES string of the molecule is CN=C(NCC1(N2CCSCC2)CCCCC1)NC1CCN(C2CCCC2)CC1. The van der Waals surface area contributed by atoms with Gasteiger partial charge in [-0.1, -0.05) is 32.1 Å². The van der Waals surface area contributed by atoms with Gasteiger partial charge >= 0.3 is 0 Å². The van der Waals surface area contributed by atoms with Crippen LogP contribution in [0.2, 0.25) is 0 Å². The molecule has 2 saturated carbocycles. The maximum atomic E-state index is 4.60. The zero-order valence-electron chi connectivity index (χ0n) is 18.6. The van der Waals surface area contributed by atoms with Crippen LogP contribution in [0.5, 0.6) is 0 Å². The topological polar surface area (TPSA) is 42.9 Å². The second-order valence-corrected chi connectivity index (χ2v) is 10.9. The number of guanidine groups is 1. The summed E-state index contributed by atoms with van der Waals surface area (Å²) < 4.78 is 0. The Morgan fingerprint density at radius 3 is 2.28 bits per heavy atom. The van der Waals surface area contributed by atoms with Gasteiger partial charge in [0.05, 0.1) is 0 Å². The van der Waals surface area contributed by atoms with E-state index in [9.17, 15) is 0 Å². The Morgan fingerprint density at radius 2 is 1.62 bits per heavy atom. The first kappa shape index (κ1) is 21.8. The maximum absolute atomic E-state index is 4.60. The minimum atomic E-state index is 0.350. The Balaban J connectivity index is 1.27. The van der Waals surface area contributed by atoms with Crippen LogP contribution in [0.1, 0.15) is 70.6 Å². The summed E-state index contributed by atoms with van der Waals surface area (Å²) in [6, 6.07) is 1.45. The van der Waals surface area contributed by atoms with Crippen LogP contribution in [0.25, 0.3) is 0 Å². The average Bonchev–Trinajstić information content (AvgIpc) is 3.33. The summed E-state index contributed by atoms with van der Waals surface area (Å²) in [5.41, 5.74) is 0.350. The van der Waals surface area contributed by atoms with Crippen molar-refractivity contribution >= 4 is 17.7 Å².